The molecule has 24 heavy (non-hydrogen) atoms. The fraction of sp³-hybridized carbons (Fsp3) is 0.278. The highest BCUT2D eigenvalue weighted by Crippen LogP contribution is 2.15. The van der Waals surface area contributed by atoms with Gasteiger partial charge in [-0.05, 0) is 42.8 Å². The molecule has 2 aromatic rings. The van der Waals surface area contributed by atoms with E-state index >= 15 is 0 Å². The van der Waals surface area contributed by atoms with Gasteiger partial charge >= 0.3 is 0 Å². The summed E-state index contributed by atoms with van der Waals surface area (Å²) in [5, 5.41) is 2.76. The Morgan fingerprint density at radius 1 is 1.17 bits per heavy atom. The van der Waals surface area contributed by atoms with Gasteiger partial charge in [0, 0.05) is 18.1 Å². The van der Waals surface area contributed by atoms with E-state index in [-0.39, 0.29) is 17.5 Å². The van der Waals surface area contributed by atoms with E-state index in [1.165, 1.54) is 30.3 Å². The average Bonchev–Trinajstić information content (AvgIpc) is 2.58. The lowest BCUT2D eigenvalue weighted by Gasteiger charge is -2.14. The first kappa shape index (κ1) is 18.3. The van der Waals surface area contributed by atoms with Crippen LogP contribution in [0.1, 0.15) is 12.5 Å². The topological polar surface area (TPSA) is 38.3 Å². The molecule has 6 heteroatoms. The van der Waals surface area contributed by atoms with Crippen LogP contribution in [0.25, 0.3) is 0 Å². The summed E-state index contributed by atoms with van der Waals surface area (Å²) >= 11 is 1.54. The monoisotopic (exact) mass is 351 g/mol. The SMILES string of the molecule is C[C@@H](Oc1ccc(F)cc1)C(=O)NCCSCc1ccccc1F. The maximum Gasteiger partial charge on any atom is 0.260 e. The molecule has 1 atom stereocenters. The Labute approximate surface area is 144 Å². The van der Waals surface area contributed by atoms with Gasteiger partial charge in [0.25, 0.3) is 5.91 Å². The highest BCUT2D eigenvalue weighted by atomic mass is 32.2. The number of hydrogen-bond donors (Lipinski definition) is 1. The van der Waals surface area contributed by atoms with Crippen LogP contribution in [-0.2, 0) is 10.5 Å². The summed E-state index contributed by atoms with van der Waals surface area (Å²) in [6.45, 7) is 2.10. The van der Waals surface area contributed by atoms with Gasteiger partial charge in [0.05, 0.1) is 0 Å². The number of ether oxygens (including phenoxy) is 1. The Balaban J connectivity index is 1.65. The van der Waals surface area contributed by atoms with Crippen molar-refractivity contribution in [3.63, 3.8) is 0 Å². The molecule has 2 aromatic carbocycles. The largest absolute Gasteiger partial charge is 0.481 e. The van der Waals surface area contributed by atoms with Crippen LogP contribution in [0.4, 0.5) is 8.78 Å². The molecule has 0 saturated heterocycles. The standard InChI is InChI=1S/C18H19F2NO2S/c1-13(23-16-8-6-15(19)7-9-16)18(22)21-10-11-24-12-14-4-2-3-5-17(14)20/h2-9,13H,10-12H2,1H3,(H,21,22)/t13-/m1/s1. The quantitative estimate of drug-likeness (QED) is 0.736. The van der Waals surface area contributed by atoms with Crippen molar-refractivity contribution in [3.8, 4) is 5.75 Å². The number of amides is 1. The lowest BCUT2D eigenvalue weighted by molar-refractivity contribution is -0.127. The number of benzene rings is 2. The Bertz CT molecular complexity index is 664. The van der Waals surface area contributed by atoms with Gasteiger partial charge < -0.3 is 10.1 Å². The number of nitrogens with one attached hydrogen (secondary N) is 1. The number of halogens is 2. The summed E-state index contributed by atoms with van der Waals surface area (Å²) < 4.78 is 31.7. The van der Waals surface area contributed by atoms with Gasteiger partial charge in [-0.15, -0.1) is 0 Å². The number of carbonyl (C=O) groups excluding carboxylic acids is 1. The molecule has 0 aromatic heterocycles. The number of rotatable bonds is 8. The molecule has 0 heterocycles. The van der Waals surface area contributed by atoms with E-state index in [4.69, 9.17) is 4.74 Å². The predicted octanol–water partition coefficient (Wildman–Crippen LogP) is 3.78. The zero-order valence-corrected chi connectivity index (χ0v) is 14.1. The van der Waals surface area contributed by atoms with Crippen molar-refractivity contribution in [2.24, 2.45) is 0 Å². The minimum atomic E-state index is -0.674. The van der Waals surface area contributed by atoms with Crippen molar-refractivity contribution in [3.05, 3.63) is 65.7 Å². The molecule has 1 amide bonds. The zero-order chi connectivity index (χ0) is 17.4. The van der Waals surface area contributed by atoms with E-state index in [1.807, 2.05) is 0 Å². The Morgan fingerprint density at radius 3 is 2.58 bits per heavy atom. The van der Waals surface area contributed by atoms with Crippen molar-refractivity contribution in [1.29, 1.82) is 0 Å². The number of carbonyl (C=O) groups is 1. The molecule has 2 rings (SSSR count). The lowest BCUT2D eigenvalue weighted by atomic mass is 10.2. The molecule has 1 N–H and O–H groups in total. The van der Waals surface area contributed by atoms with Crippen LogP contribution < -0.4 is 10.1 Å². The molecular formula is C18H19F2NO2S. The van der Waals surface area contributed by atoms with E-state index in [0.717, 1.165) is 0 Å². The van der Waals surface area contributed by atoms with E-state index in [2.05, 4.69) is 5.32 Å². The normalized spacial score (nSPS) is 11.8. The third kappa shape index (κ3) is 5.85. The molecule has 0 fully saturated rings. The molecule has 128 valence electrons. The van der Waals surface area contributed by atoms with E-state index in [9.17, 15) is 13.6 Å². The molecule has 0 saturated carbocycles. The maximum atomic E-state index is 13.4. The van der Waals surface area contributed by atoms with Crippen LogP contribution >= 0.6 is 11.8 Å². The van der Waals surface area contributed by atoms with Crippen molar-refractivity contribution < 1.29 is 18.3 Å². The molecular weight excluding hydrogens is 332 g/mol. The van der Waals surface area contributed by atoms with Crippen LogP contribution in [0, 0.1) is 11.6 Å². The Hall–Kier alpha value is -2.08. The first-order valence-electron chi connectivity index (χ1n) is 7.57. The Morgan fingerprint density at radius 2 is 1.88 bits per heavy atom. The van der Waals surface area contributed by atoms with Crippen LogP contribution in [0.3, 0.4) is 0 Å². The van der Waals surface area contributed by atoms with Gasteiger partial charge in [-0.25, -0.2) is 8.78 Å². The molecule has 0 spiro atoms. The highest BCUT2D eigenvalue weighted by Gasteiger charge is 2.14. The van der Waals surface area contributed by atoms with Crippen molar-refractivity contribution >= 4 is 17.7 Å². The Kier molecular flexibility index (Phi) is 7.06. The van der Waals surface area contributed by atoms with Crippen molar-refractivity contribution in [2.45, 2.75) is 18.8 Å². The van der Waals surface area contributed by atoms with E-state index < -0.39 is 6.10 Å². The van der Waals surface area contributed by atoms with E-state index in [1.54, 1.807) is 36.9 Å². The molecule has 0 unspecified atom stereocenters. The summed E-state index contributed by atoms with van der Waals surface area (Å²) in [6, 6.07) is 12.2. The van der Waals surface area contributed by atoms with Crippen LogP contribution in [0.5, 0.6) is 5.75 Å². The molecule has 0 aliphatic rings. The fourth-order valence-electron chi connectivity index (χ4n) is 1.96. The zero-order valence-electron chi connectivity index (χ0n) is 13.3. The summed E-state index contributed by atoms with van der Waals surface area (Å²) in [5.74, 6) is 0.855. The van der Waals surface area contributed by atoms with E-state index in [0.29, 0.717) is 29.4 Å². The summed E-state index contributed by atoms with van der Waals surface area (Å²) in [4.78, 5) is 11.9. The predicted molar refractivity (Wildman–Crippen MR) is 92.1 cm³/mol. The minimum absolute atomic E-state index is 0.213. The second-order valence-corrected chi connectivity index (χ2v) is 6.25. The van der Waals surface area contributed by atoms with Gasteiger partial charge in [-0.2, -0.15) is 11.8 Å². The summed E-state index contributed by atoms with van der Waals surface area (Å²) in [6.07, 6.45) is -0.674. The molecule has 0 radical (unpaired) electrons. The summed E-state index contributed by atoms with van der Waals surface area (Å²) in [7, 11) is 0. The molecule has 0 bridgehead atoms. The molecule has 3 nitrogen and oxygen atoms in total. The third-order valence-electron chi connectivity index (χ3n) is 3.26. The van der Waals surface area contributed by atoms with Crippen LogP contribution in [0.2, 0.25) is 0 Å². The van der Waals surface area contributed by atoms with Gasteiger partial charge in [0.1, 0.15) is 17.4 Å². The molecule has 0 aliphatic heterocycles. The van der Waals surface area contributed by atoms with Crippen molar-refractivity contribution in [1.82, 2.24) is 5.32 Å². The van der Waals surface area contributed by atoms with Gasteiger partial charge in [-0.1, -0.05) is 18.2 Å². The van der Waals surface area contributed by atoms with Gasteiger partial charge in [0.15, 0.2) is 6.10 Å². The van der Waals surface area contributed by atoms with Crippen LogP contribution in [-0.4, -0.2) is 24.3 Å². The fourth-order valence-corrected chi connectivity index (χ4v) is 2.80. The smallest absolute Gasteiger partial charge is 0.260 e. The highest BCUT2D eigenvalue weighted by molar-refractivity contribution is 7.98. The lowest BCUT2D eigenvalue weighted by Crippen LogP contribution is -2.37. The first-order valence-corrected chi connectivity index (χ1v) is 8.73. The van der Waals surface area contributed by atoms with Gasteiger partial charge in [-0.3, -0.25) is 4.79 Å². The van der Waals surface area contributed by atoms with Crippen molar-refractivity contribution in [2.75, 3.05) is 12.3 Å². The number of thioether (sulfide) groups is 1. The number of hydrogen-bond acceptors (Lipinski definition) is 3. The van der Waals surface area contributed by atoms with Gasteiger partial charge in [0.2, 0.25) is 0 Å². The van der Waals surface area contributed by atoms with Crippen LogP contribution in [0.15, 0.2) is 48.5 Å². The second-order valence-electron chi connectivity index (χ2n) is 5.15. The third-order valence-corrected chi connectivity index (χ3v) is 4.26. The summed E-state index contributed by atoms with van der Waals surface area (Å²) in [5.41, 5.74) is 0.654. The minimum Gasteiger partial charge on any atom is -0.481 e. The average molecular weight is 351 g/mol. The first-order chi connectivity index (χ1) is 11.6. The molecule has 0 aliphatic carbocycles. The maximum absolute atomic E-state index is 13.4. The second kappa shape index (κ2) is 9.27.